The lowest BCUT2D eigenvalue weighted by molar-refractivity contribution is 0.0536. The molecular formula is C15H18FNO2. The second-order valence-electron chi connectivity index (χ2n) is 4.90. The highest BCUT2D eigenvalue weighted by molar-refractivity contribution is 5.22. The zero-order valence-electron chi connectivity index (χ0n) is 11.1. The Balaban J connectivity index is 1.99. The van der Waals surface area contributed by atoms with E-state index in [4.69, 9.17) is 4.42 Å². The average Bonchev–Trinajstić information content (AvgIpc) is 2.90. The first-order valence-corrected chi connectivity index (χ1v) is 6.24. The van der Waals surface area contributed by atoms with Crippen molar-refractivity contribution in [1.29, 1.82) is 0 Å². The zero-order chi connectivity index (χ0) is 13.9. The van der Waals surface area contributed by atoms with E-state index in [-0.39, 0.29) is 11.9 Å². The molecule has 2 aromatic rings. The molecule has 0 amide bonds. The van der Waals surface area contributed by atoms with Crippen LogP contribution in [0.5, 0.6) is 0 Å². The van der Waals surface area contributed by atoms with Crippen LogP contribution in [0.15, 0.2) is 47.1 Å². The summed E-state index contributed by atoms with van der Waals surface area (Å²) in [4.78, 5) is 0. The third-order valence-corrected chi connectivity index (χ3v) is 3.19. The van der Waals surface area contributed by atoms with E-state index in [1.165, 1.54) is 12.1 Å². The minimum Gasteiger partial charge on any atom is -0.468 e. The first-order valence-electron chi connectivity index (χ1n) is 6.24. The van der Waals surface area contributed by atoms with Crippen LogP contribution < -0.4 is 5.32 Å². The summed E-state index contributed by atoms with van der Waals surface area (Å²) in [6.07, 6.45) is 1.62. The molecule has 1 heterocycles. The third-order valence-electron chi connectivity index (χ3n) is 3.19. The largest absolute Gasteiger partial charge is 0.468 e. The number of hydrogen-bond donors (Lipinski definition) is 2. The summed E-state index contributed by atoms with van der Waals surface area (Å²) in [5.74, 6) is 0.506. The summed E-state index contributed by atoms with van der Waals surface area (Å²) in [5.41, 5.74) is -0.387. The summed E-state index contributed by atoms with van der Waals surface area (Å²) < 4.78 is 18.2. The Morgan fingerprint density at radius 3 is 2.58 bits per heavy atom. The van der Waals surface area contributed by atoms with Gasteiger partial charge in [-0.05, 0) is 43.7 Å². The van der Waals surface area contributed by atoms with Gasteiger partial charge in [0.25, 0.3) is 0 Å². The Morgan fingerprint density at radius 1 is 1.32 bits per heavy atom. The van der Waals surface area contributed by atoms with Gasteiger partial charge in [0.2, 0.25) is 0 Å². The van der Waals surface area contributed by atoms with Crippen LogP contribution in [0.3, 0.4) is 0 Å². The maximum absolute atomic E-state index is 12.9. The lowest BCUT2D eigenvalue weighted by Gasteiger charge is -2.26. The number of rotatable bonds is 5. The van der Waals surface area contributed by atoms with Crippen LogP contribution in [0.25, 0.3) is 0 Å². The first kappa shape index (κ1) is 13.8. The molecule has 0 aliphatic heterocycles. The van der Waals surface area contributed by atoms with Crippen molar-refractivity contribution < 1.29 is 13.9 Å². The maximum Gasteiger partial charge on any atom is 0.123 e. The molecular weight excluding hydrogens is 245 g/mol. The second kappa shape index (κ2) is 5.55. The standard InChI is InChI=1S/C15H18FNO2/c1-11(14-4-3-9-19-14)17-10-15(2,18)12-5-7-13(16)8-6-12/h3-9,11,17-18H,10H2,1-2H3. The van der Waals surface area contributed by atoms with Crippen molar-refractivity contribution in [3.63, 3.8) is 0 Å². The van der Waals surface area contributed by atoms with E-state index >= 15 is 0 Å². The predicted molar refractivity (Wildman–Crippen MR) is 71.1 cm³/mol. The number of nitrogens with one attached hydrogen (secondary N) is 1. The van der Waals surface area contributed by atoms with Gasteiger partial charge in [-0.3, -0.25) is 0 Å². The molecule has 0 saturated carbocycles. The van der Waals surface area contributed by atoms with Crippen molar-refractivity contribution >= 4 is 0 Å². The Labute approximate surface area is 112 Å². The van der Waals surface area contributed by atoms with Crippen molar-refractivity contribution in [1.82, 2.24) is 5.32 Å². The van der Waals surface area contributed by atoms with Gasteiger partial charge >= 0.3 is 0 Å². The van der Waals surface area contributed by atoms with E-state index in [0.717, 1.165) is 5.76 Å². The van der Waals surface area contributed by atoms with Gasteiger partial charge in [-0.15, -0.1) is 0 Å². The van der Waals surface area contributed by atoms with Gasteiger partial charge in [-0.2, -0.15) is 0 Å². The monoisotopic (exact) mass is 263 g/mol. The van der Waals surface area contributed by atoms with E-state index in [0.29, 0.717) is 12.1 Å². The molecule has 2 rings (SSSR count). The number of halogens is 1. The predicted octanol–water partition coefficient (Wildman–Crippen LogP) is 2.98. The number of aliphatic hydroxyl groups is 1. The smallest absolute Gasteiger partial charge is 0.123 e. The van der Waals surface area contributed by atoms with Crippen LogP contribution in [0.1, 0.15) is 31.2 Å². The van der Waals surface area contributed by atoms with E-state index in [9.17, 15) is 9.50 Å². The highest BCUT2D eigenvalue weighted by Gasteiger charge is 2.24. The van der Waals surface area contributed by atoms with E-state index in [2.05, 4.69) is 5.32 Å². The van der Waals surface area contributed by atoms with Crippen LogP contribution in [0.4, 0.5) is 4.39 Å². The van der Waals surface area contributed by atoms with Gasteiger partial charge in [0, 0.05) is 6.54 Å². The van der Waals surface area contributed by atoms with Crippen LogP contribution in [-0.2, 0) is 5.60 Å². The van der Waals surface area contributed by atoms with Crippen molar-refractivity contribution in [3.8, 4) is 0 Å². The summed E-state index contributed by atoms with van der Waals surface area (Å²) >= 11 is 0. The normalized spacial score (nSPS) is 16.0. The Morgan fingerprint density at radius 2 is 2.00 bits per heavy atom. The number of furan rings is 1. The Bertz CT molecular complexity index is 505. The molecule has 102 valence electrons. The molecule has 1 aromatic carbocycles. The quantitative estimate of drug-likeness (QED) is 0.871. The lowest BCUT2D eigenvalue weighted by Crippen LogP contribution is -2.36. The highest BCUT2D eigenvalue weighted by Crippen LogP contribution is 2.21. The van der Waals surface area contributed by atoms with Crippen molar-refractivity contribution in [3.05, 3.63) is 59.8 Å². The fourth-order valence-electron chi connectivity index (χ4n) is 1.90. The molecule has 0 saturated heterocycles. The van der Waals surface area contributed by atoms with Crippen LogP contribution in [0.2, 0.25) is 0 Å². The number of hydrogen-bond acceptors (Lipinski definition) is 3. The van der Waals surface area contributed by atoms with Crippen molar-refractivity contribution in [2.45, 2.75) is 25.5 Å². The van der Waals surface area contributed by atoms with Crippen LogP contribution >= 0.6 is 0 Å². The molecule has 0 radical (unpaired) electrons. The van der Waals surface area contributed by atoms with Gasteiger partial charge in [0.15, 0.2) is 0 Å². The van der Waals surface area contributed by atoms with E-state index in [1.807, 2.05) is 19.1 Å². The molecule has 1 aromatic heterocycles. The molecule has 4 heteroatoms. The topological polar surface area (TPSA) is 45.4 Å². The van der Waals surface area contributed by atoms with Gasteiger partial charge in [0.05, 0.1) is 17.9 Å². The highest BCUT2D eigenvalue weighted by atomic mass is 19.1. The molecule has 19 heavy (non-hydrogen) atoms. The molecule has 0 spiro atoms. The van der Waals surface area contributed by atoms with E-state index < -0.39 is 5.60 Å². The molecule has 2 atom stereocenters. The molecule has 2 N–H and O–H groups in total. The fraction of sp³-hybridized carbons (Fsp3) is 0.333. The molecule has 0 fully saturated rings. The minimum absolute atomic E-state index is 0.00178. The molecule has 0 aliphatic carbocycles. The molecule has 2 unspecified atom stereocenters. The van der Waals surface area contributed by atoms with Gasteiger partial charge < -0.3 is 14.8 Å². The summed E-state index contributed by atoms with van der Waals surface area (Å²) in [6, 6.07) is 9.58. The van der Waals surface area contributed by atoms with Crippen molar-refractivity contribution in [2.24, 2.45) is 0 Å². The van der Waals surface area contributed by atoms with Crippen molar-refractivity contribution in [2.75, 3.05) is 6.54 Å². The summed E-state index contributed by atoms with van der Waals surface area (Å²) in [7, 11) is 0. The molecule has 0 aliphatic rings. The second-order valence-corrected chi connectivity index (χ2v) is 4.90. The number of benzene rings is 1. The summed E-state index contributed by atoms with van der Waals surface area (Å²) in [6.45, 7) is 4.00. The Kier molecular flexibility index (Phi) is 4.02. The summed E-state index contributed by atoms with van der Waals surface area (Å²) in [5, 5.41) is 13.6. The first-order chi connectivity index (χ1) is 8.99. The lowest BCUT2D eigenvalue weighted by atomic mass is 9.95. The Hall–Kier alpha value is -1.65. The zero-order valence-corrected chi connectivity index (χ0v) is 11.1. The van der Waals surface area contributed by atoms with Gasteiger partial charge in [-0.25, -0.2) is 4.39 Å². The molecule has 3 nitrogen and oxygen atoms in total. The third kappa shape index (κ3) is 3.43. The van der Waals surface area contributed by atoms with Crippen LogP contribution in [-0.4, -0.2) is 11.7 Å². The van der Waals surface area contributed by atoms with Gasteiger partial charge in [-0.1, -0.05) is 12.1 Å². The van der Waals surface area contributed by atoms with E-state index in [1.54, 1.807) is 25.3 Å². The van der Waals surface area contributed by atoms with Crippen LogP contribution in [0, 0.1) is 5.82 Å². The SMILES string of the molecule is CC(NCC(C)(O)c1ccc(F)cc1)c1ccco1. The van der Waals surface area contributed by atoms with Gasteiger partial charge in [0.1, 0.15) is 11.6 Å². The minimum atomic E-state index is -1.06. The maximum atomic E-state index is 12.9. The fourth-order valence-corrected chi connectivity index (χ4v) is 1.90. The average molecular weight is 263 g/mol. The molecule has 0 bridgehead atoms.